The van der Waals surface area contributed by atoms with Crippen LogP contribution in [0.5, 0.6) is 0 Å². The lowest BCUT2D eigenvalue weighted by molar-refractivity contribution is -0.137. The zero-order chi connectivity index (χ0) is 17.7. The molecular weight excluding hydrogens is 331 g/mol. The van der Waals surface area contributed by atoms with Gasteiger partial charge in [-0.15, -0.1) is 0 Å². The summed E-state index contributed by atoms with van der Waals surface area (Å²) in [5.74, 6) is 1.88. The van der Waals surface area contributed by atoms with Gasteiger partial charge in [-0.1, -0.05) is 13.8 Å². The summed E-state index contributed by atoms with van der Waals surface area (Å²) in [6.45, 7) is 5.12. The molecule has 5 nitrogen and oxygen atoms in total. The molecule has 25 heavy (non-hydrogen) atoms. The molecule has 2 aromatic heterocycles. The Bertz CT molecular complexity index is 863. The van der Waals surface area contributed by atoms with Gasteiger partial charge in [-0.2, -0.15) is 13.2 Å². The van der Waals surface area contributed by atoms with Crippen molar-refractivity contribution in [2.24, 2.45) is 11.8 Å². The first-order valence-electron chi connectivity index (χ1n) is 8.42. The van der Waals surface area contributed by atoms with Crippen molar-refractivity contribution in [1.82, 2.24) is 19.9 Å². The Morgan fingerprint density at radius 3 is 2.72 bits per heavy atom. The predicted octanol–water partition coefficient (Wildman–Crippen LogP) is 2.60. The number of imidazole rings is 1. The van der Waals surface area contributed by atoms with E-state index in [9.17, 15) is 13.2 Å². The fraction of sp³-hybridized carbons (Fsp3) is 0.529. The zero-order valence-electron chi connectivity index (χ0n) is 13.8. The van der Waals surface area contributed by atoms with Crippen LogP contribution in [-0.2, 0) is 11.7 Å². The van der Waals surface area contributed by atoms with Crippen molar-refractivity contribution in [2.45, 2.75) is 37.5 Å². The van der Waals surface area contributed by atoms with Gasteiger partial charge >= 0.3 is 6.18 Å². The van der Waals surface area contributed by atoms with Gasteiger partial charge in [0.15, 0.2) is 0 Å². The molecule has 0 aromatic carbocycles. The highest BCUT2D eigenvalue weighted by Crippen LogP contribution is 2.80. The van der Waals surface area contributed by atoms with E-state index in [0.29, 0.717) is 29.1 Å². The molecule has 2 aliphatic carbocycles. The number of nitrogens with zero attached hydrogens (tertiary/aromatic N) is 3. The normalized spacial score (nSPS) is 32.2. The Labute approximate surface area is 142 Å². The Morgan fingerprint density at radius 2 is 2.16 bits per heavy atom. The molecule has 2 aromatic rings. The third-order valence-electron chi connectivity index (χ3n) is 5.94. The Hall–Kier alpha value is -2.09. The summed E-state index contributed by atoms with van der Waals surface area (Å²) < 4.78 is 41.6. The van der Waals surface area contributed by atoms with E-state index in [-0.39, 0.29) is 11.5 Å². The molecule has 132 valence electrons. The number of nitrogens with two attached hydrogens (primary N) is 1. The molecule has 2 saturated heterocycles. The number of halogens is 3. The minimum Gasteiger partial charge on any atom is -0.383 e. The van der Waals surface area contributed by atoms with Crippen LogP contribution in [0.25, 0.3) is 11.3 Å². The highest BCUT2D eigenvalue weighted by atomic mass is 19.4. The summed E-state index contributed by atoms with van der Waals surface area (Å²) in [5.41, 5.74) is 5.46. The fourth-order valence-electron chi connectivity index (χ4n) is 4.68. The lowest BCUT2D eigenvalue weighted by atomic mass is 10.1. The van der Waals surface area contributed by atoms with Crippen LogP contribution in [0.3, 0.4) is 0 Å². The number of aromatic nitrogens is 3. The molecule has 4 fully saturated rings. The smallest absolute Gasteiger partial charge is 0.383 e. The second-order valence-corrected chi connectivity index (χ2v) is 7.57. The second-order valence-electron chi connectivity index (χ2n) is 7.57. The minimum atomic E-state index is -4.53. The molecule has 8 heteroatoms. The van der Waals surface area contributed by atoms with Crippen LogP contribution in [0.2, 0.25) is 0 Å². The minimum absolute atomic E-state index is 0.110. The highest BCUT2D eigenvalue weighted by Gasteiger charge is 2.91. The van der Waals surface area contributed by atoms with E-state index in [1.54, 1.807) is 0 Å². The monoisotopic (exact) mass is 349 g/mol. The van der Waals surface area contributed by atoms with Gasteiger partial charge in [0, 0.05) is 48.3 Å². The average Bonchev–Trinajstić information content (AvgIpc) is 3.09. The third kappa shape index (κ3) is 1.78. The van der Waals surface area contributed by atoms with E-state index in [2.05, 4.69) is 33.7 Å². The SMILES string of the molecule is CC(C)c1nc(-c2cnc(N)c(C(F)(F)F)c2)cn1C12C3NC[C@H]1[C@@H]32. The van der Waals surface area contributed by atoms with E-state index >= 15 is 0 Å². The van der Waals surface area contributed by atoms with Crippen molar-refractivity contribution >= 4 is 5.82 Å². The van der Waals surface area contributed by atoms with Gasteiger partial charge in [0.05, 0.1) is 16.8 Å². The first kappa shape index (κ1) is 15.2. The number of pyridine rings is 1. The average molecular weight is 349 g/mol. The standard InChI is InChI=1S/C17H18F3N5/c1-7(2)15-24-11(6-25(15)16-10-5-22-13(16)12(10)16)8-3-9(17(18,19)20)14(21)23-4-8/h3-4,6-7,10,12-13,22H,5H2,1-2H3,(H2,21,23)/t10-,12-,13?,16?/m0/s1. The van der Waals surface area contributed by atoms with Gasteiger partial charge in [0.25, 0.3) is 0 Å². The first-order valence-corrected chi connectivity index (χ1v) is 8.42. The first-order chi connectivity index (χ1) is 11.8. The topological polar surface area (TPSA) is 68.8 Å². The number of hydrogen-bond acceptors (Lipinski definition) is 4. The molecule has 2 saturated carbocycles. The lowest BCUT2D eigenvalue weighted by Gasteiger charge is -2.15. The van der Waals surface area contributed by atoms with Crippen molar-refractivity contribution < 1.29 is 13.2 Å². The quantitative estimate of drug-likeness (QED) is 0.894. The van der Waals surface area contributed by atoms with Crippen LogP contribution in [0, 0.1) is 11.8 Å². The molecule has 0 spiro atoms. The number of rotatable bonds is 3. The van der Waals surface area contributed by atoms with Gasteiger partial charge in [0.2, 0.25) is 0 Å². The van der Waals surface area contributed by atoms with Gasteiger partial charge in [-0.3, -0.25) is 0 Å². The third-order valence-corrected chi connectivity index (χ3v) is 5.94. The molecule has 0 amide bonds. The number of anilines is 1. The highest BCUT2D eigenvalue weighted by molar-refractivity contribution is 5.63. The van der Waals surface area contributed by atoms with Crippen LogP contribution in [0.4, 0.5) is 19.0 Å². The van der Waals surface area contributed by atoms with Crippen molar-refractivity contribution in [3.63, 3.8) is 0 Å². The summed E-state index contributed by atoms with van der Waals surface area (Å²) >= 11 is 0. The molecular formula is C17H18F3N5. The van der Waals surface area contributed by atoms with Crippen LogP contribution in [0.1, 0.15) is 31.2 Å². The maximum atomic E-state index is 13.1. The van der Waals surface area contributed by atoms with E-state index in [1.807, 2.05) is 6.20 Å². The number of alkyl halides is 3. The summed E-state index contributed by atoms with van der Waals surface area (Å²) in [5, 5.41) is 3.50. The van der Waals surface area contributed by atoms with Crippen LogP contribution >= 0.6 is 0 Å². The summed E-state index contributed by atoms with van der Waals surface area (Å²) in [7, 11) is 0. The van der Waals surface area contributed by atoms with Crippen molar-refractivity contribution in [1.29, 1.82) is 0 Å². The number of nitrogen functional groups attached to an aromatic ring is 1. The molecule has 6 rings (SSSR count). The Morgan fingerprint density at radius 1 is 1.40 bits per heavy atom. The van der Waals surface area contributed by atoms with E-state index in [4.69, 9.17) is 5.73 Å². The van der Waals surface area contributed by atoms with Crippen LogP contribution in [0.15, 0.2) is 18.5 Å². The molecule has 4 atom stereocenters. The largest absolute Gasteiger partial charge is 0.419 e. The molecule has 4 aliphatic rings. The van der Waals surface area contributed by atoms with Crippen molar-refractivity contribution in [3.8, 4) is 11.3 Å². The number of piperidine rings is 1. The molecule has 4 heterocycles. The lowest BCUT2D eigenvalue weighted by Crippen LogP contribution is -2.22. The van der Waals surface area contributed by atoms with Gasteiger partial charge < -0.3 is 15.6 Å². The van der Waals surface area contributed by atoms with Crippen molar-refractivity contribution in [3.05, 3.63) is 29.8 Å². The number of nitrogens with one attached hydrogen (secondary N) is 1. The van der Waals surface area contributed by atoms with Crippen LogP contribution < -0.4 is 11.1 Å². The van der Waals surface area contributed by atoms with Gasteiger partial charge in [-0.05, 0) is 6.07 Å². The fourth-order valence-corrected chi connectivity index (χ4v) is 4.68. The molecule has 2 unspecified atom stereocenters. The summed E-state index contributed by atoms with van der Waals surface area (Å²) in [4.78, 5) is 8.38. The van der Waals surface area contributed by atoms with Gasteiger partial charge in [0.1, 0.15) is 11.6 Å². The Balaban J connectivity index is 1.60. The van der Waals surface area contributed by atoms with Gasteiger partial charge in [-0.25, -0.2) is 9.97 Å². The summed E-state index contributed by atoms with van der Waals surface area (Å²) in [6.07, 6.45) is -1.28. The predicted molar refractivity (Wildman–Crippen MR) is 85.7 cm³/mol. The van der Waals surface area contributed by atoms with Crippen molar-refractivity contribution in [2.75, 3.05) is 12.3 Å². The second kappa shape index (κ2) is 4.35. The van der Waals surface area contributed by atoms with E-state index in [1.165, 1.54) is 6.20 Å². The maximum Gasteiger partial charge on any atom is 0.419 e. The van der Waals surface area contributed by atoms with E-state index < -0.39 is 17.6 Å². The van der Waals surface area contributed by atoms with E-state index in [0.717, 1.165) is 18.4 Å². The maximum absolute atomic E-state index is 13.1. The number of fused-ring (bicyclic) bond motifs is 1. The zero-order valence-corrected chi connectivity index (χ0v) is 13.8. The van der Waals surface area contributed by atoms with Crippen LogP contribution in [-0.4, -0.2) is 27.1 Å². The number of hydrogen-bond donors (Lipinski definition) is 2. The molecule has 0 radical (unpaired) electrons. The molecule has 2 bridgehead atoms. The summed E-state index contributed by atoms with van der Waals surface area (Å²) in [6, 6.07) is 1.54. The molecule has 2 aliphatic heterocycles. The Kier molecular flexibility index (Phi) is 2.64. The molecule has 3 N–H and O–H groups in total.